The Labute approximate surface area is 98.7 Å². The Kier molecular flexibility index (Phi) is 2.91. The molecule has 15 heavy (non-hydrogen) atoms. The van der Waals surface area contributed by atoms with Crippen molar-refractivity contribution in [2.75, 3.05) is 12.1 Å². The van der Waals surface area contributed by atoms with Crippen molar-refractivity contribution >= 4 is 15.9 Å². The van der Waals surface area contributed by atoms with E-state index in [-0.39, 0.29) is 5.41 Å². The zero-order valence-corrected chi connectivity index (χ0v) is 10.6. The fourth-order valence-corrected chi connectivity index (χ4v) is 1.85. The summed E-state index contributed by atoms with van der Waals surface area (Å²) in [6.07, 6.45) is 1.04. The molecular weight excluding hydrogens is 256 g/mol. The number of alkyl halides is 1. The van der Waals surface area contributed by atoms with Crippen molar-refractivity contribution in [1.29, 1.82) is 0 Å². The Morgan fingerprint density at radius 2 is 2.00 bits per heavy atom. The molecule has 1 aliphatic rings. The van der Waals surface area contributed by atoms with E-state index in [0.717, 1.165) is 23.2 Å². The van der Waals surface area contributed by atoms with Crippen molar-refractivity contribution in [1.82, 2.24) is 0 Å². The van der Waals surface area contributed by atoms with Crippen molar-refractivity contribution in [3.8, 4) is 11.5 Å². The number of hydrogen-bond donors (Lipinski definition) is 0. The van der Waals surface area contributed by atoms with Gasteiger partial charge in [0, 0.05) is 5.33 Å². The van der Waals surface area contributed by atoms with Gasteiger partial charge in [0.05, 0.1) is 0 Å². The zero-order chi connectivity index (χ0) is 10.9. The Morgan fingerprint density at radius 1 is 1.27 bits per heavy atom. The summed E-state index contributed by atoms with van der Waals surface area (Å²) in [5, 5.41) is 0.994. The van der Waals surface area contributed by atoms with Gasteiger partial charge in [-0.3, -0.25) is 0 Å². The van der Waals surface area contributed by atoms with Gasteiger partial charge in [-0.15, -0.1) is 0 Å². The Bertz CT molecular complexity index is 361. The van der Waals surface area contributed by atoms with Crippen molar-refractivity contribution in [2.24, 2.45) is 5.41 Å². The summed E-state index contributed by atoms with van der Waals surface area (Å²) in [7, 11) is 0. The van der Waals surface area contributed by atoms with E-state index in [1.807, 2.05) is 6.07 Å². The maximum Gasteiger partial charge on any atom is 0.231 e. The maximum absolute atomic E-state index is 5.35. The van der Waals surface area contributed by atoms with Crippen LogP contribution in [0, 0.1) is 5.41 Å². The van der Waals surface area contributed by atoms with Gasteiger partial charge in [0.15, 0.2) is 11.5 Å². The highest BCUT2D eigenvalue weighted by molar-refractivity contribution is 9.09. The number of benzene rings is 1. The molecule has 1 aromatic carbocycles. The SMILES string of the molecule is CC(C)(CBr)Cc1ccc2c(c1)OCO2. The summed E-state index contributed by atoms with van der Waals surface area (Å²) in [6, 6.07) is 6.17. The number of ether oxygens (including phenoxy) is 2. The lowest BCUT2D eigenvalue weighted by molar-refractivity contribution is 0.174. The van der Waals surface area contributed by atoms with Gasteiger partial charge < -0.3 is 9.47 Å². The first-order valence-corrected chi connectivity index (χ1v) is 6.17. The third kappa shape index (κ3) is 2.46. The van der Waals surface area contributed by atoms with Crippen LogP contribution in [-0.2, 0) is 6.42 Å². The normalized spacial score (nSPS) is 14.3. The van der Waals surface area contributed by atoms with Crippen molar-refractivity contribution in [2.45, 2.75) is 20.3 Å². The van der Waals surface area contributed by atoms with Crippen LogP contribution in [0.1, 0.15) is 19.4 Å². The lowest BCUT2D eigenvalue weighted by atomic mass is 9.88. The van der Waals surface area contributed by atoms with E-state index in [2.05, 4.69) is 41.9 Å². The van der Waals surface area contributed by atoms with Gasteiger partial charge in [0.1, 0.15) is 0 Å². The molecule has 2 nitrogen and oxygen atoms in total. The van der Waals surface area contributed by atoms with Crippen LogP contribution < -0.4 is 9.47 Å². The van der Waals surface area contributed by atoms with Crippen LogP contribution in [0.2, 0.25) is 0 Å². The van der Waals surface area contributed by atoms with Gasteiger partial charge in [-0.05, 0) is 29.5 Å². The third-order valence-corrected chi connectivity index (χ3v) is 4.00. The molecule has 0 saturated carbocycles. The molecule has 0 amide bonds. The molecule has 2 rings (SSSR count). The first kappa shape index (κ1) is 10.8. The van der Waals surface area contributed by atoms with E-state index in [1.54, 1.807) is 0 Å². The second-order valence-corrected chi connectivity index (χ2v) is 5.22. The standard InChI is InChI=1S/C12H15BrO2/c1-12(2,7-13)6-9-3-4-10-11(5-9)15-8-14-10/h3-5H,6-8H2,1-2H3. The molecule has 0 spiro atoms. The minimum atomic E-state index is 0.272. The highest BCUT2D eigenvalue weighted by Crippen LogP contribution is 2.34. The fraction of sp³-hybridized carbons (Fsp3) is 0.500. The molecule has 1 heterocycles. The minimum Gasteiger partial charge on any atom is -0.454 e. The molecule has 1 aromatic rings. The van der Waals surface area contributed by atoms with Gasteiger partial charge >= 0.3 is 0 Å². The highest BCUT2D eigenvalue weighted by Gasteiger charge is 2.19. The monoisotopic (exact) mass is 270 g/mol. The van der Waals surface area contributed by atoms with E-state index in [0.29, 0.717) is 6.79 Å². The van der Waals surface area contributed by atoms with Crippen molar-refractivity contribution < 1.29 is 9.47 Å². The van der Waals surface area contributed by atoms with Crippen LogP contribution >= 0.6 is 15.9 Å². The Balaban J connectivity index is 2.17. The average Bonchev–Trinajstić information content (AvgIpc) is 2.64. The lowest BCUT2D eigenvalue weighted by Crippen LogP contribution is -2.16. The van der Waals surface area contributed by atoms with Crippen LogP contribution in [0.15, 0.2) is 18.2 Å². The van der Waals surface area contributed by atoms with E-state index in [4.69, 9.17) is 9.47 Å². The van der Waals surface area contributed by atoms with E-state index >= 15 is 0 Å². The minimum absolute atomic E-state index is 0.272. The van der Waals surface area contributed by atoms with Gasteiger partial charge in [0.25, 0.3) is 0 Å². The summed E-state index contributed by atoms with van der Waals surface area (Å²) in [5.41, 5.74) is 1.57. The molecule has 0 atom stereocenters. The largest absolute Gasteiger partial charge is 0.454 e. The molecule has 0 N–H and O–H groups in total. The second kappa shape index (κ2) is 4.05. The summed E-state index contributed by atoms with van der Waals surface area (Å²) < 4.78 is 10.6. The Hall–Kier alpha value is -0.700. The predicted octanol–water partition coefficient (Wildman–Crippen LogP) is 3.38. The average molecular weight is 271 g/mol. The molecular formula is C12H15BrO2. The van der Waals surface area contributed by atoms with Crippen LogP contribution in [0.3, 0.4) is 0 Å². The number of hydrogen-bond acceptors (Lipinski definition) is 2. The zero-order valence-electron chi connectivity index (χ0n) is 9.05. The third-order valence-electron chi connectivity index (χ3n) is 2.48. The number of rotatable bonds is 3. The van der Waals surface area contributed by atoms with Crippen molar-refractivity contribution in [3.05, 3.63) is 23.8 Å². The summed E-state index contributed by atoms with van der Waals surface area (Å²) in [4.78, 5) is 0. The van der Waals surface area contributed by atoms with E-state index < -0.39 is 0 Å². The first-order valence-electron chi connectivity index (χ1n) is 5.05. The van der Waals surface area contributed by atoms with Crippen molar-refractivity contribution in [3.63, 3.8) is 0 Å². The lowest BCUT2D eigenvalue weighted by Gasteiger charge is -2.21. The van der Waals surface area contributed by atoms with Gasteiger partial charge in [0.2, 0.25) is 6.79 Å². The molecule has 0 aliphatic carbocycles. The van der Waals surface area contributed by atoms with Crippen LogP contribution in [0.4, 0.5) is 0 Å². The summed E-state index contributed by atoms with van der Waals surface area (Å²) in [6.45, 7) is 4.83. The molecule has 0 bridgehead atoms. The van der Waals surface area contributed by atoms with E-state index in [9.17, 15) is 0 Å². The molecule has 0 unspecified atom stereocenters. The maximum atomic E-state index is 5.35. The molecule has 0 saturated heterocycles. The Morgan fingerprint density at radius 3 is 2.73 bits per heavy atom. The fourth-order valence-electron chi connectivity index (χ4n) is 1.65. The highest BCUT2D eigenvalue weighted by atomic mass is 79.9. The van der Waals surface area contributed by atoms with E-state index in [1.165, 1.54) is 5.56 Å². The van der Waals surface area contributed by atoms with Crippen LogP contribution in [-0.4, -0.2) is 12.1 Å². The molecule has 0 fully saturated rings. The quantitative estimate of drug-likeness (QED) is 0.785. The molecule has 0 aromatic heterocycles. The summed E-state index contributed by atoms with van der Waals surface area (Å²) in [5.74, 6) is 1.73. The predicted molar refractivity (Wildman–Crippen MR) is 63.8 cm³/mol. The number of fused-ring (bicyclic) bond motifs is 1. The second-order valence-electron chi connectivity index (χ2n) is 4.66. The van der Waals surface area contributed by atoms with Gasteiger partial charge in [-0.25, -0.2) is 0 Å². The van der Waals surface area contributed by atoms with Crippen LogP contribution in [0.25, 0.3) is 0 Å². The molecule has 1 aliphatic heterocycles. The smallest absolute Gasteiger partial charge is 0.231 e. The van der Waals surface area contributed by atoms with Gasteiger partial charge in [-0.1, -0.05) is 35.8 Å². The summed E-state index contributed by atoms with van der Waals surface area (Å²) >= 11 is 3.53. The van der Waals surface area contributed by atoms with Crippen LogP contribution in [0.5, 0.6) is 11.5 Å². The molecule has 3 heteroatoms. The molecule has 82 valence electrons. The topological polar surface area (TPSA) is 18.5 Å². The number of halogens is 1. The first-order chi connectivity index (χ1) is 7.11. The van der Waals surface area contributed by atoms with Gasteiger partial charge in [-0.2, -0.15) is 0 Å². The molecule has 0 radical (unpaired) electrons.